The van der Waals surface area contributed by atoms with Crippen LogP contribution < -0.4 is 4.74 Å². The molecule has 142 valence electrons. The lowest BCUT2D eigenvalue weighted by molar-refractivity contribution is 0.302. The van der Waals surface area contributed by atoms with E-state index in [1.807, 2.05) is 12.3 Å². The third-order valence-electron chi connectivity index (χ3n) is 4.52. The van der Waals surface area contributed by atoms with Gasteiger partial charge in [-0.3, -0.25) is 4.98 Å². The van der Waals surface area contributed by atoms with Crippen molar-refractivity contribution in [1.29, 1.82) is 0 Å². The van der Waals surface area contributed by atoms with Crippen LogP contribution >= 0.6 is 0 Å². The summed E-state index contributed by atoms with van der Waals surface area (Å²) in [5, 5.41) is 0. The minimum absolute atomic E-state index is 0.651. The predicted molar refractivity (Wildman–Crippen MR) is 107 cm³/mol. The lowest BCUT2D eigenvalue weighted by Gasteiger charge is -2.06. The van der Waals surface area contributed by atoms with Crippen molar-refractivity contribution in [3.8, 4) is 17.3 Å². The summed E-state index contributed by atoms with van der Waals surface area (Å²) in [5.74, 6) is 1.38. The van der Waals surface area contributed by atoms with E-state index in [0.29, 0.717) is 5.82 Å². The first-order valence-corrected chi connectivity index (χ1v) is 10.2. The van der Waals surface area contributed by atoms with Gasteiger partial charge >= 0.3 is 0 Å². The highest BCUT2D eigenvalue weighted by Crippen LogP contribution is 2.16. The van der Waals surface area contributed by atoms with Crippen LogP contribution in [-0.2, 0) is 6.42 Å². The Kier molecular flexibility index (Phi) is 9.70. The molecule has 0 bridgehead atoms. The van der Waals surface area contributed by atoms with Crippen molar-refractivity contribution < 1.29 is 4.74 Å². The quantitative estimate of drug-likeness (QED) is 0.413. The zero-order valence-electron chi connectivity index (χ0n) is 16.4. The summed E-state index contributed by atoms with van der Waals surface area (Å²) < 4.78 is 5.71. The van der Waals surface area contributed by atoms with Gasteiger partial charge in [0.25, 0.3) is 0 Å². The van der Waals surface area contributed by atoms with Gasteiger partial charge in [0.15, 0.2) is 11.6 Å². The fraction of sp³-hybridized carbons (Fsp3) is 0.591. The van der Waals surface area contributed by atoms with E-state index >= 15 is 0 Å². The van der Waals surface area contributed by atoms with E-state index in [0.717, 1.165) is 30.9 Å². The van der Waals surface area contributed by atoms with Gasteiger partial charge in [-0.25, -0.2) is 9.97 Å². The van der Waals surface area contributed by atoms with Crippen molar-refractivity contribution in [2.45, 2.75) is 78.1 Å². The van der Waals surface area contributed by atoms with Gasteiger partial charge in [-0.1, -0.05) is 64.9 Å². The molecule has 0 unspecified atom stereocenters. The van der Waals surface area contributed by atoms with Crippen molar-refractivity contribution in [1.82, 2.24) is 15.0 Å². The Balaban J connectivity index is 1.76. The molecule has 4 heteroatoms. The second-order valence-corrected chi connectivity index (χ2v) is 6.87. The van der Waals surface area contributed by atoms with Crippen LogP contribution in [0, 0.1) is 0 Å². The number of aromatic nitrogens is 3. The zero-order valence-corrected chi connectivity index (χ0v) is 16.4. The maximum Gasteiger partial charge on any atom is 0.178 e. The molecule has 0 aliphatic heterocycles. The average molecular weight is 356 g/mol. The van der Waals surface area contributed by atoms with E-state index in [9.17, 15) is 0 Å². The largest absolute Gasteiger partial charge is 0.490 e. The predicted octanol–water partition coefficient (Wildman–Crippen LogP) is 6.01. The van der Waals surface area contributed by atoms with E-state index < -0.39 is 0 Å². The number of hydrogen-bond donors (Lipinski definition) is 0. The Bertz CT molecular complexity index is 596. The van der Waals surface area contributed by atoms with Crippen LogP contribution in [0.5, 0.6) is 5.75 Å². The van der Waals surface area contributed by atoms with Crippen molar-refractivity contribution in [2.24, 2.45) is 0 Å². The first kappa shape index (κ1) is 20.3. The van der Waals surface area contributed by atoms with Gasteiger partial charge in [-0.2, -0.15) is 0 Å². The molecule has 0 amide bonds. The Hall–Kier alpha value is -1.97. The molecular formula is C22H33N3O. The van der Waals surface area contributed by atoms with Gasteiger partial charge in [-0.15, -0.1) is 0 Å². The summed E-state index contributed by atoms with van der Waals surface area (Å²) in [6.07, 6.45) is 17.8. The highest BCUT2D eigenvalue weighted by Gasteiger charge is 2.04. The number of rotatable bonds is 13. The molecule has 0 fully saturated rings. The van der Waals surface area contributed by atoms with Crippen LogP contribution in [-0.4, -0.2) is 21.6 Å². The van der Waals surface area contributed by atoms with Crippen LogP contribution in [0.1, 0.15) is 77.2 Å². The van der Waals surface area contributed by atoms with Crippen molar-refractivity contribution in [3.05, 3.63) is 36.3 Å². The summed E-state index contributed by atoms with van der Waals surface area (Å²) >= 11 is 0. The molecule has 0 spiro atoms. The Morgan fingerprint density at radius 1 is 0.731 bits per heavy atom. The van der Waals surface area contributed by atoms with E-state index in [1.54, 1.807) is 12.4 Å². The number of aryl methyl sites for hydroxylation is 1. The molecule has 0 saturated heterocycles. The highest BCUT2D eigenvalue weighted by molar-refractivity contribution is 5.49. The number of hydrogen-bond acceptors (Lipinski definition) is 4. The van der Waals surface area contributed by atoms with Gasteiger partial charge in [0.05, 0.1) is 19.0 Å². The molecule has 2 rings (SSSR count). The Labute approximate surface area is 158 Å². The highest BCUT2D eigenvalue weighted by atomic mass is 16.5. The minimum Gasteiger partial charge on any atom is -0.490 e. The molecule has 2 aromatic heterocycles. The summed E-state index contributed by atoms with van der Waals surface area (Å²) in [7, 11) is 0. The molecular weight excluding hydrogens is 322 g/mol. The number of unbranched alkanes of at least 4 members (excludes halogenated alkanes) is 7. The zero-order chi connectivity index (χ0) is 18.5. The molecule has 0 aromatic carbocycles. The molecule has 0 atom stereocenters. The summed E-state index contributed by atoms with van der Waals surface area (Å²) in [5.41, 5.74) is 2.10. The number of ether oxygens (including phenoxy) is 1. The number of nitrogens with zero attached hydrogens (tertiary/aromatic N) is 3. The molecule has 4 nitrogen and oxygen atoms in total. The summed E-state index contributed by atoms with van der Waals surface area (Å²) in [4.78, 5) is 13.3. The molecule has 0 saturated carbocycles. The normalized spacial score (nSPS) is 10.8. The molecule has 2 aromatic rings. The number of pyridine rings is 1. The van der Waals surface area contributed by atoms with Gasteiger partial charge < -0.3 is 4.74 Å². The lowest BCUT2D eigenvalue weighted by Crippen LogP contribution is -1.99. The maximum absolute atomic E-state index is 5.71. The van der Waals surface area contributed by atoms with Crippen LogP contribution in [0.2, 0.25) is 0 Å². The van der Waals surface area contributed by atoms with Gasteiger partial charge in [-0.05, 0) is 30.9 Å². The second-order valence-electron chi connectivity index (χ2n) is 6.87. The lowest BCUT2D eigenvalue weighted by atomic mass is 10.1. The van der Waals surface area contributed by atoms with Gasteiger partial charge in [0.2, 0.25) is 0 Å². The topological polar surface area (TPSA) is 47.9 Å². The fourth-order valence-corrected chi connectivity index (χ4v) is 2.88. The van der Waals surface area contributed by atoms with Crippen LogP contribution in [0.15, 0.2) is 30.7 Å². The minimum atomic E-state index is 0.651. The second kappa shape index (κ2) is 12.4. The third-order valence-corrected chi connectivity index (χ3v) is 4.52. The Morgan fingerprint density at radius 2 is 1.42 bits per heavy atom. The first-order valence-electron chi connectivity index (χ1n) is 10.2. The molecule has 26 heavy (non-hydrogen) atoms. The smallest absolute Gasteiger partial charge is 0.178 e. The fourth-order valence-electron chi connectivity index (χ4n) is 2.88. The van der Waals surface area contributed by atoms with E-state index in [-0.39, 0.29) is 0 Å². The maximum atomic E-state index is 5.71. The summed E-state index contributed by atoms with van der Waals surface area (Å²) in [6, 6.07) is 4.15. The molecule has 0 N–H and O–H groups in total. The summed E-state index contributed by atoms with van der Waals surface area (Å²) in [6.45, 7) is 5.20. The average Bonchev–Trinajstić information content (AvgIpc) is 2.69. The SMILES string of the molecule is CCCCCCCOc1cnc(-c2ccc(CCCCCC)cn2)nc1. The van der Waals surface area contributed by atoms with Crippen molar-refractivity contribution in [3.63, 3.8) is 0 Å². The van der Waals surface area contributed by atoms with E-state index in [1.165, 1.54) is 56.9 Å². The van der Waals surface area contributed by atoms with Crippen LogP contribution in [0.25, 0.3) is 11.5 Å². The van der Waals surface area contributed by atoms with E-state index in [4.69, 9.17) is 4.74 Å². The molecule has 2 heterocycles. The first-order chi connectivity index (χ1) is 12.8. The van der Waals surface area contributed by atoms with Crippen molar-refractivity contribution in [2.75, 3.05) is 6.61 Å². The molecule has 0 aliphatic rings. The van der Waals surface area contributed by atoms with E-state index in [2.05, 4.69) is 34.9 Å². The van der Waals surface area contributed by atoms with Crippen LogP contribution in [0.3, 0.4) is 0 Å². The molecule has 0 aliphatic carbocycles. The van der Waals surface area contributed by atoms with Gasteiger partial charge in [0, 0.05) is 6.20 Å². The third kappa shape index (κ3) is 7.51. The van der Waals surface area contributed by atoms with Crippen molar-refractivity contribution >= 4 is 0 Å². The monoisotopic (exact) mass is 355 g/mol. The molecule has 0 radical (unpaired) electrons. The standard InChI is InChI=1S/C22H33N3O/c1-3-5-7-9-11-15-26-20-17-24-22(25-18-20)21-14-13-19(16-23-21)12-10-8-6-4-2/h13-14,16-18H,3-12,15H2,1-2H3. The Morgan fingerprint density at radius 3 is 2.08 bits per heavy atom. The van der Waals surface area contributed by atoms with Gasteiger partial charge in [0.1, 0.15) is 5.69 Å². The van der Waals surface area contributed by atoms with Crippen LogP contribution in [0.4, 0.5) is 0 Å².